The molecule has 110 valence electrons. The van der Waals surface area contributed by atoms with Crippen LogP contribution in [0.15, 0.2) is 42.6 Å². The normalized spacial score (nSPS) is 10.1. The van der Waals surface area contributed by atoms with Crippen molar-refractivity contribution in [2.45, 2.75) is 19.8 Å². The Hall–Kier alpha value is -2.56. The number of carboxylic acid groups (broad SMARTS) is 1. The Morgan fingerprint density at radius 2 is 2.00 bits per heavy atom. The standard InChI is InChI=1S/C16H17NO4/c1-2-10-20-14-7-5-12(6-8-14)11-13-4-3-9-17-15(13)21-16(18)19/h3-9H,2,10-11H2,1H3,(H,18,19). The molecule has 0 saturated carbocycles. The second-order valence-corrected chi connectivity index (χ2v) is 4.50. The fourth-order valence-corrected chi connectivity index (χ4v) is 1.88. The monoisotopic (exact) mass is 287 g/mol. The lowest BCUT2D eigenvalue weighted by atomic mass is 10.1. The molecular formula is C16H17NO4. The first-order valence-electron chi connectivity index (χ1n) is 6.75. The average Bonchev–Trinajstić information content (AvgIpc) is 2.48. The van der Waals surface area contributed by atoms with Crippen molar-refractivity contribution in [2.24, 2.45) is 0 Å². The molecule has 1 N–H and O–H groups in total. The molecule has 0 amide bonds. The number of ether oxygens (including phenoxy) is 2. The van der Waals surface area contributed by atoms with Crippen molar-refractivity contribution in [3.05, 3.63) is 53.7 Å². The van der Waals surface area contributed by atoms with Gasteiger partial charge >= 0.3 is 6.16 Å². The van der Waals surface area contributed by atoms with Crippen LogP contribution in [-0.4, -0.2) is 22.9 Å². The molecule has 0 unspecified atom stereocenters. The molecule has 0 aliphatic carbocycles. The van der Waals surface area contributed by atoms with Crippen molar-refractivity contribution in [1.29, 1.82) is 0 Å². The minimum absolute atomic E-state index is 0.122. The molecule has 0 fully saturated rings. The summed E-state index contributed by atoms with van der Waals surface area (Å²) < 4.78 is 10.2. The molecule has 0 aliphatic heterocycles. The van der Waals surface area contributed by atoms with Crippen LogP contribution in [0.4, 0.5) is 4.79 Å². The van der Waals surface area contributed by atoms with Crippen LogP contribution in [0.3, 0.4) is 0 Å². The van der Waals surface area contributed by atoms with E-state index in [0.29, 0.717) is 13.0 Å². The maximum absolute atomic E-state index is 10.6. The molecule has 1 heterocycles. The SMILES string of the molecule is CCCOc1ccc(Cc2cccnc2OC(=O)O)cc1. The van der Waals surface area contributed by atoms with Gasteiger partial charge in [-0.05, 0) is 30.2 Å². The number of carbonyl (C=O) groups is 1. The zero-order valence-electron chi connectivity index (χ0n) is 11.8. The van der Waals surface area contributed by atoms with E-state index in [0.717, 1.165) is 23.3 Å². The lowest BCUT2D eigenvalue weighted by Gasteiger charge is -2.08. The van der Waals surface area contributed by atoms with Crippen LogP contribution in [0.5, 0.6) is 11.6 Å². The molecule has 0 aliphatic rings. The highest BCUT2D eigenvalue weighted by molar-refractivity contribution is 5.61. The third kappa shape index (κ3) is 4.49. The first-order chi connectivity index (χ1) is 10.2. The Balaban J connectivity index is 2.09. The minimum Gasteiger partial charge on any atom is -0.494 e. The van der Waals surface area contributed by atoms with Gasteiger partial charge in [-0.3, -0.25) is 0 Å². The number of nitrogens with zero attached hydrogens (tertiary/aromatic N) is 1. The Morgan fingerprint density at radius 1 is 1.24 bits per heavy atom. The largest absolute Gasteiger partial charge is 0.512 e. The predicted molar refractivity (Wildman–Crippen MR) is 77.9 cm³/mol. The summed E-state index contributed by atoms with van der Waals surface area (Å²) in [6.07, 6.45) is 1.65. The van der Waals surface area contributed by atoms with Crippen LogP contribution in [0.2, 0.25) is 0 Å². The van der Waals surface area contributed by atoms with E-state index in [9.17, 15) is 4.79 Å². The van der Waals surface area contributed by atoms with E-state index in [4.69, 9.17) is 9.84 Å². The number of benzene rings is 1. The van der Waals surface area contributed by atoms with E-state index in [1.165, 1.54) is 6.20 Å². The number of rotatable bonds is 6. The first kappa shape index (κ1) is 14.8. The lowest BCUT2D eigenvalue weighted by molar-refractivity contribution is 0.142. The third-order valence-electron chi connectivity index (χ3n) is 2.82. The van der Waals surface area contributed by atoms with Gasteiger partial charge < -0.3 is 14.6 Å². The summed E-state index contributed by atoms with van der Waals surface area (Å²) in [4.78, 5) is 14.6. The van der Waals surface area contributed by atoms with E-state index < -0.39 is 6.16 Å². The van der Waals surface area contributed by atoms with Crippen molar-refractivity contribution in [1.82, 2.24) is 4.98 Å². The molecule has 5 heteroatoms. The van der Waals surface area contributed by atoms with Gasteiger partial charge in [-0.1, -0.05) is 25.1 Å². The average molecular weight is 287 g/mol. The second-order valence-electron chi connectivity index (χ2n) is 4.50. The van der Waals surface area contributed by atoms with Gasteiger partial charge in [0.25, 0.3) is 0 Å². The van der Waals surface area contributed by atoms with Gasteiger partial charge in [0.15, 0.2) is 0 Å². The molecule has 0 saturated heterocycles. The highest BCUT2D eigenvalue weighted by atomic mass is 16.7. The number of hydrogen-bond donors (Lipinski definition) is 1. The molecule has 1 aromatic carbocycles. The summed E-state index contributed by atoms with van der Waals surface area (Å²) in [6.45, 7) is 2.75. The molecular weight excluding hydrogens is 270 g/mol. The smallest absolute Gasteiger partial charge is 0.494 e. The van der Waals surface area contributed by atoms with Crippen LogP contribution in [0.1, 0.15) is 24.5 Å². The molecule has 21 heavy (non-hydrogen) atoms. The van der Waals surface area contributed by atoms with Crippen LogP contribution in [0.25, 0.3) is 0 Å². The topological polar surface area (TPSA) is 68.7 Å². The Labute approximate surface area is 123 Å². The van der Waals surface area contributed by atoms with Crippen LogP contribution >= 0.6 is 0 Å². The molecule has 2 aromatic rings. The molecule has 1 aromatic heterocycles. The fraction of sp³-hybridized carbons (Fsp3) is 0.250. The van der Waals surface area contributed by atoms with E-state index in [1.54, 1.807) is 12.1 Å². The highest BCUT2D eigenvalue weighted by Gasteiger charge is 2.09. The maximum Gasteiger partial charge on any atom is 0.512 e. The highest BCUT2D eigenvalue weighted by Crippen LogP contribution is 2.20. The fourth-order valence-electron chi connectivity index (χ4n) is 1.88. The summed E-state index contributed by atoms with van der Waals surface area (Å²) in [5, 5.41) is 8.70. The van der Waals surface area contributed by atoms with Gasteiger partial charge in [0.05, 0.1) is 6.61 Å². The second kappa shape index (κ2) is 7.28. The maximum atomic E-state index is 10.6. The van der Waals surface area contributed by atoms with Gasteiger partial charge in [0.2, 0.25) is 5.88 Å². The predicted octanol–water partition coefficient (Wildman–Crippen LogP) is 3.52. The van der Waals surface area contributed by atoms with Gasteiger partial charge in [0.1, 0.15) is 5.75 Å². The molecule has 0 atom stereocenters. The zero-order valence-corrected chi connectivity index (χ0v) is 11.8. The minimum atomic E-state index is -1.36. The van der Waals surface area contributed by atoms with E-state index in [-0.39, 0.29) is 5.88 Å². The van der Waals surface area contributed by atoms with E-state index >= 15 is 0 Å². The molecule has 0 radical (unpaired) electrons. The molecule has 0 spiro atoms. The van der Waals surface area contributed by atoms with Crippen molar-refractivity contribution in [2.75, 3.05) is 6.61 Å². The molecule has 2 rings (SSSR count). The van der Waals surface area contributed by atoms with Crippen molar-refractivity contribution in [3.8, 4) is 11.6 Å². The van der Waals surface area contributed by atoms with Crippen LogP contribution in [-0.2, 0) is 6.42 Å². The molecule has 5 nitrogen and oxygen atoms in total. The van der Waals surface area contributed by atoms with E-state index in [1.807, 2.05) is 24.3 Å². The first-order valence-corrected chi connectivity index (χ1v) is 6.75. The van der Waals surface area contributed by atoms with Gasteiger partial charge in [-0.25, -0.2) is 9.78 Å². The zero-order chi connectivity index (χ0) is 15.1. The summed E-state index contributed by atoms with van der Waals surface area (Å²) in [6, 6.07) is 11.2. The summed E-state index contributed by atoms with van der Waals surface area (Å²) >= 11 is 0. The third-order valence-corrected chi connectivity index (χ3v) is 2.82. The Morgan fingerprint density at radius 3 is 2.67 bits per heavy atom. The quantitative estimate of drug-likeness (QED) is 0.823. The Bertz CT molecular complexity index is 595. The van der Waals surface area contributed by atoms with Gasteiger partial charge in [-0.15, -0.1) is 0 Å². The van der Waals surface area contributed by atoms with Crippen molar-refractivity contribution in [3.63, 3.8) is 0 Å². The number of aromatic nitrogens is 1. The van der Waals surface area contributed by atoms with Crippen molar-refractivity contribution >= 4 is 6.16 Å². The van der Waals surface area contributed by atoms with Crippen molar-refractivity contribution < 1.29 is 19.4 Å². The molecule has 0 bridgehead atoms. The van der Waals surface area contributed by atoms with Gasteiger partial charge in [-0.2, -0.15) is 0 Å². The van der Waals surface area contributed by atoms with Gasteiger partial charge in [0, 0.05) is 18.2 Å². The number of pyridine rings is 1. The number of hydrogen-bond acceptors (Lipinski definition) is 4. The lowest BCUT2D eigenvalue weighted by Crippen LogP contribution is -2.07. The van der Waals surface area contributed by atoms with Crippen LogP contribution < -0.4 is 9.47 Å². The summed E-state index contributed by atoms with van der Waals surface area (Å²) in [5.41, 5.74) is 1.75. The summed E-state index contributed by atoms with van der Waals surface area (Å²) in [7, 11) is 0. The van der Waals surface area contributed by atoms with E-state index in [2.05, 4.69) is 16.6 Å². The summed E-state index contributed by atoms with van der Waals surface area (Å²) in [5.74, 6) is 0.949. The Kier molecular flexibility index (Phi) is 5.15. The van der Waals surface area contributed by atoms with Crippen LogP contribution in [0, 0.1) is 0 Å².